The van der Waals surface area contributed by atoms with Gasteiger partial charge in [-0.05, 0) is 11.8 Å². The average Bonchev–Trinajstić information content (AvgIpc) is 1.69. The van der Waals surface area contributed by atoms with Crippen LogP contribution < -0.4 is 0 Å². The van der Waals surface area contributed by atoms with Gasteiger partial charge in [0.1, 0.15) is 7.58 Å². The molecule has 0 aromatic carbocycles. The molecule has 1 atom stereocenters. The van der Waals surface area contributed by atoms with Crippen LogP contribution in [0.4, 0.5) is 0 Å². The fourth-order valence-corrected chi connectivity index (χ4v) is 0. The van der Waals surface area contributed by atoms with Crippen LogP contribution in [0.1, 0.15) is 0 Å². The summed E-state index contributed by atoms with van der Waals surface area (Å²) < 4.78 is 13.2. The Labute approximate surface area is 54.4 Å². The standard InChI is InChI=1S/CH5O3P.HOPS/c1-4-5(2)3;1-2-3/h5H,1H3,(H,2,3);(H,1,3). The first-order chi connectivity index (χ1) is 3.68. The zero-order valence-corrected chi connectivity index (χ0v) is 6.78. The van der Waals surface area contributed by atoms with E-state index < -0.39 is 8.25 Å². The molecular weight excluding hydrogens is 170 g/mol. The van der Waals surface area contributed by atoms with Gasteiger partial charge in [-0.1, -0.05) is 0 Å². The number of rotatable bonds is 1. The van der Waals surface area contributed by atoms with Crippen LogP contribution in [0.15, 0.2) is 0 Å². The van der Waals surface area contributed by atoms with E-state index in [0.29, 0.717) is 0 Å². The van der Waals surface area contributed by atoms with Gasteiger partial charge in [-0.3, -0.25) is 4.57 Å². The highest BCUT2D eigenvalue weighted by Gasteiger charge is 1.74. The maximum atomic E-state index is 9.33. The molecule has 4 nitrogen and oxygen atoms in total. The summed E-state index contributed by atoms with van der Waals surface area (Å²) in [4.78, 5) is 15.0. The Morgan fingerprint density at radius 3 is 2.00 bits per heavy atom. The minimum atomic E-state index is -2.62. The Kier molecular flexibility index (Phi) is 15.1. The molecule has 1 unspecified atom stereocenters. The van der Waals surface area contributed by atoms with Crippen LogP contribution in [0.2, 0.25) is 0 Å². The van der Waals surface area contributed by atoms with Gasteiger partial charge in [0.05, 0.1) is 0 Å². The largest absolute Gasteiger partial charge is 0.333 e. The maximum absolute atomic E-state index is 9.33. The molecule has 0 rings (SSSR count). The van der Waals surface area contributed by atoms with E-state index in [2.05, 4.69) is 16.3 Å². The zero-order chi connectivity index (χ0) is 6.99. The molecule has 0 heterocycles. The molecule has 8 heavy (non-hydrogen) atoms. The molecule has 0 radical (unpaired) electrons. The van der Waals surface area contributed by atoms with Gasteiger partial charge in [0.2, 0.25) is 0 Å². The van der Waals surface area contributed by atoms with Gasteiger partial charge < -0.3 is 14.3 Å². The lowest BCUT2D eigenvalue weighted by Gasteiger charge is -1.78. The van der Waals surface area contributed by atoms with Crippen molar-refractivity contribution < 1.29 is 18.9 Å². The van der Waals surface area contributed by atoms with Crippen molar-refractivity contribution in [1.82, 2.24) is 0 Å². The molecule has 0 aliphatic rings. The summed E-state index contributed by atoms with van der Waals surface area (Å²) in [5.41, 5.74) is 0. The molecule has 7 heteroatoms. The van der Waals surface area contributed by atoms with Crippen LogP contribution in [0.25, 0.3) is 0 Å². The Morgan fingerprint density at radius 2 is 2.00 bits per heavy atom. The van der Waals surface area contributed by atoms with Crippen molar-refractivity contribution in [2.45, 2.75) is 0 Å². The minimum absolute atomic E-state index is 0. The summed E-state index contributed by atoms with van der Waals surface area (Å²) in [7, 11) is -1.44. The third-order valence-corrected chi connectivity index (χ3v) is 0.524. The average molecular weight is 176 g/mol. The molecule has 0 aromatic rings. The Hall–Kier alpha value is 0.630. The fourth-order valence-electron chi connectivity index (χ4n) is 0. The second-order valence-corrected chi connectivity index (χ2v) is 2.14. The van der Waals surface area contributed by atoms with Crippen molar-refractivity contribution in [3.63, 3.8) is 0 Å². The van der Waals surface area contributed by atoms with E-state index in [1.54, 1.807) is 0 Å². The Balaban J connectivity index is 0. The van der Waals surface area contributed by atoms with Crippen molar-refractivity contribution >= 4 is 27.6 Å². The molecule has 0 aliphatic heterocycles. The topological polar surface area (TPSA) is 66.8 Å². The SMILES string of the molecule is CO[PH](=O)O.OP=S. The molecular formula is CH6O4P2S. The van der Waals surface area contributed by atoms with E-state index in [9.17, 15) is 4.57 Å². The first-order valence-electron chi connectivity index (χ1n) is 1.42. The van der Waals surface area contributed by atoms with Gasteiger partial charge in [-0.25, -0.2) is 0 Å². The predicted molar refractivity (Wildman–Crippen MR) is 34.7 cm³/mol. The lowest BCUT2D eigenvalue weighted by molar-refractivity contribution is 0.343. The first-order valence-corrected chi connectivity index (χ1v) is 4.55. The highest BCUT2D eigenvalue weighted by molar-refractivity contribution is 7.94. The fraction of sp³-hybridized carbons (Fsp3) is 1.00. The predicted octanol–water partition coefficient (Wildman–Crippen LogP) is 0.317. The molecule has 0 saturated heterocycles. The van der Waals surface area contributed by atoms with Gasteiger partial charge in [0.15, 0.2) is 0 Å². The van der Waals surface area contributed by atoms with Crippen LogP contribution in [0, 0.1) is 0 Å². The van der Waals surface area contributed by atoms with Gasteiger partial charge in [0.25, 0.3) is 0 Å². The molecule has 0 fully saturated rings. The summed E-state index contributed by atoms with van der Waals surface area (Å²) in [5, 5.41) is 0. The quantitative estimate of drug-likeness (QED) is 0.563. The highest BCUT2D eigenvalue weighted by Crippen LogP contribution is 2.09. The van der Waals surface area contributed by atoms with Crippen LogP contribution in [-0.4, -0.2) is 16.9 Å². The van der Waals surface area contributed by atoms with Crippen LogP contribution in [-0.2, 0) is 20.9 Å². The first kappa shape index (κ1) is 11.4. The van der Waals surface area contributed by atoms with Crippen molar-refractivity contribution in [2.24, 2.45) is 0 Å². The molecule has 0 spiro atoms. The van der Waals surface area contributed by atoms with Crippen LogP contribution in [0.5, 0.6) is 0 Å². The van der Waals surface area contributed by atoms with Crippen molar-refractivity contribution in [3.05, 3.63) is 0 Å². The highest BCUT2D eigenvalue weighted by atomic mass is 32.4. The molecule has 2 N–H and O–H groups in total. The van der Waals surface area contributed by atoms with E-state index in [1.807, 2.05) is 0 Å². The monoisotopic (exact) mass is 176 g/mol. The normalized spacial score (nSPS) is 11.9. The van der Waals surface area contributed by atoms with Crippen molar-refractivity contribution in [2.75, 3.05) is 7.11 Å². The van der Waals surface area contributed by atoms with Gasteiger partial charge in [-0.2, -0.15) is 0 Å². The maximum Gasteiger partial charge on any atom is 0.316 e. The van der Waals surface area contributed by atoms with E-state index in [1.165, 1.54) is 7.11 Å². The van der Waals surface area contributed by atoms with E-state index in [4.69, 9.17) is 9.79 Å². The third-order valence-electron chi connectivity index (χ3n) is 0.175. The van der Waals surface area contributed by atoms with Crippen molar-refractivity contribution in [3.8, 4) is 0 Å². The number of hydrogen-bond donors (Lipinski definition) is 2. The second-order valence-electron chi connectivity index (χ2n) is 0.552. The summed E-state index contributed by atoms with van der Waals surface area (Å²) in [6, 6.07) is 0. The van der Waals surface area contributed by atoms with Crippen LogP contribution >= 0.6 is 15.8 Å². The van der Waals surface area contributed by atoms with Gasteiger partial charge in [0, 0.05) is 7.11 Å². The van der Waals surface area contributed by atoms with Gasteiger partial charge >= 0.3 is 8.25 Å². The van der Waals surface area contributed by atoms with Gasteiger partial charge in [-0.15, -0.1) is 0 Å². The molecule has 0 saturated carbocycles. The summed E-state index contributed by atoms with van der Waals surface area (Å²) in [6.07, 6.45) is 0. The zero-order valence-electron chi connectivity index (χ0n) is 4.07. The van der Waals surface area contributed by atoms with E-state index >= 15 is 0 Å². The Bertz CT molecular complexity index is 74.4. The van der Waals surface area contributed by atoms with Crippen LogP contribution in [0.3, 0.4) is 0 Å². The second kappa shape index (κ2) is 10.6. The molecule has 0 amide bonds. The molecule has 0 aromatic heterocycles. The summed E-state index contributed by atoms with van der Waals surface area (Å²) in [5.74, 6) is 0. The third kappa shape index (κ3) is 30.4. The van der Waals surface area contributed by atoms with Crippen molar-refractivity contribution in [1.29, 1.82) is 0 Å². The summed E-state index contributed by atoms with van der Waals surface area (Å²) >= 11 is 3.92. The lowest BCUT2D eigenvalue weighted by Crippen LogP contribution is -1.57. The molecule has 50 valence electrons. The number of hydrogen-bond acceptors (Lipinski definition) is 3. The summed E-state index contributed by atoms with van der Waals surface area (Å²) in [6.45, 7) is 0. The minimum Gasteiger partial charge on any atom is -0.333 e. The molecule has 0 bridgehead atoms. The lowest BCUT2D eigenvalue weighted by atomic mass is 11.8. The smallest absolute Gasteiger partial charge is 0.316 e. The Morgan fingerprint density at radius 1 is 1.88 bits per heavy atom. The van der Waals surface area contributed by atoms with E-state index in [0.717, 1.165) is 0 Å². The van der Waals surface area contributed by atoms with E-state index in [-0.39, 0.29) is 7.58 Å². The molecule has 0 aliphatic carbocycles.